The summed E-state index contributed by atoms with van der Waals surface area (Å²) in [4.78, 5) is 0. The smallest absolute Gasteiger partial charge is 0.351 e. The van der Waals surface area contributed by atoms with E-state index in [1.807, 2.05) is 0 Å². The minimum absolute atomic E-state index is 0.0394. The van der Waals surface area contributed by atoms with Gasteiger partial charge in [-0.25, -0.2) is 0 Å². The van der Waals surface area contributed by atoms with Crippen LogP contribution in [0.5, 0.6) is 0 Å². The lowest BCUT2D eigenvalue weighted by molar-refractivity contribution is -0.298. The molecule has 0 amide bonds. The zero-order valence-electron chi connectivity index (χ0n) is 10.7. The first-order chi connectivity index (χ1) is 9.82. The molecule has 3 rings (SSSR count). The maximum Gasteiger partial charge on any atom is 0.433 e. The van der Waals surface area contributed by atoms with E-state index in [1.54, 1.807) is 0 Å². The van der Waals surface area contributed by atoms with Gasteiger partial charge in [0.25, 0.3) is 5.60 Å². The van der Waals surface area contributed by atoms with E-state index in [4.69, 9.17) is 16.3 Å². The Labute approximate surface area is 124 Å². The lowest BCUT2D eigenvalue weighted by Gasteiger charge is -2.39. The van der Waals surface area contributed by atoms with Crippen LogP contribution in [0.3, 0.4) is 0 Å². The third-order valence-corrected chi connectivity index (χ3v) is 3.59. The van der Waals surface area contributed by atoms with Gasteiger partial charge in [0.1, 0.15) is 0 Å². The summed E-state index contributed by atoms with van der Waals surface area (Å²) in [6, 6.07) is 3.95. The Morgan fingerprint density at radius 1 is 1.38 bits per heavy atom. The minimum atomic E-state index is -4.81. The molecule has 0 spiro atoms. The fraction of sp³-hybridized carbons (Fsp3) is 0.429. The van der Waals surface area contributed by atoms with Gasteiger partial charge in [0.15, 0.2) is 0 Å². The second-order valence-corrected chi connectivity index (χ2v) is 5.46. The number of hydrogen-bond donors (Lipinski definition) is 2. The van der Waals surface area contributed by atoms with Crippen LogP contribution in [0.25, 0.3) is 0 Å². The SMILES string of the molecule is OC1Nc2ccc(Cl)cc2[C@@](C#CC2CC2)(C(F)(F)F)O1. The maximum absolute atomic E-state index is 13.6. The summed E-state index contributed by atoms with van der Waals surface area (Å²) in [7, 11) is 0. The molecule has 0 saturated heterocycles. The number of hydrogen-bond acceptors (Lipinski definition) is 3. The average Bonchev–Trinajstić information content (AvgIpc) is 3.19. The van der Waals surface area contributed by atoms with Gasteiger partial charge in [-0.3, -0.25) is 0 Å². The molecule has 0 aromatic heterocycles. The number of ether oxygens (including phenoxy) is 1. The highest BCUT2D eigenvalue weighted by Crippen LogP contribution is 2.48. The molecule has 7 heteroatoms. The molecule has 1 saturated carbocycles. The second kappa shape index (κ2) is 4.80. The standard InChI is InChI=1S/C14H11ClF3NO2/c15-9-3-4-11-10(7-9)13(14(16,17)18,21-12(20)19-11)6-5-8-1-2-8/h3-4,7-8,12,19-20H,1-2H2/t12?,13-/m0/s1. The highest BCUT2D eigenvalue weighted by atomic mass is 35.5. The molecule has 2 aliphatic rings. The largest absolute Gasteiger partial charge is 0.433 e. The number of aliphatic hydroxyl groups is 1. The number of rotatable bonds is 0. The minimum Gasteiger partial charge on any atom is -0.351 e. The summed E-state index contributed by atoms with van der Waals surface area (Å²) >= 11 is 5.80. The summed E-state index contributed by atoms with van der Waals surface area (Å²) in [5.74, 6) is 4.73. The maximum atomic E-state index is 13.6. The first kappa shape index (κ1) is 14.5. The molecule has 0 bridgehead atoms. The van der Waals surface area contributed by atoms with Crippen LogP contribution in [0.1, 0.15) is 18.4 Å². The van der Waals surface area contributed by atoms with E-state index in [0.717, 1.165) is 18.9 Å². The number of nitrogens with one attached hydrogen (secondary N) is 1. The fourth-order valence-electron chi connectivity index (χ4n) is 2.15. The molecule has 112 valence electrons. The van der Waals surface area contributed by atoms with E-state index >= 15 is 0 Å². The van der Waals surface area contributed by atoms with Crippen molar-refractivity contribution in [3.8, 4) is 11.8 Å². The lowest BCUT2D eigenvalue weighted by atomic mass is 9.90. The topological polar surface area (TPSA) is 41.5 Å². The van der Waals surface area contributed by atoms with Crippen LogP contribution in [0.2, 0.25) is 5.02 Å². The van der Waals surface area contributed by atoms with Crippen molar-refractivity contribution in [1.29, 1.82) is 0 Å². The van der Waals surface area contributed by atoms with Crippen molar-refractivity contribution < 1.29 is 23.0 Å². The fourth-order valence-corrected chi connectivity index (χ4v) is 2.32. The van der Waals surface area contributed by atoms with Gasteiger partial charge in [0, 0.05) is 22.2 Å². The van der Waals surface area contributed by atoms with Crippen LogP contribution in [-0.4, -0.2) is 17.7 Å². The van der Waals surface area contributed by atoms with Crippen LogP contribution in [0.15, 0.2) is 18.2 Å². The Hall–Kier alpha value is -1.42. The Morgan fingerprint density at radius 3 is 2.71 bits per heavy atom. The van der Waals surface area contributed by atoms with Crippen LogP contribution >= 0.6 is 11.6 Å². The molecule has 1 aromatic carbocycles. The van der Waals surface area contributed by atoms with Gasteiger partial charge in [-0.15, -0.1) is 0 Å². The molecule has 21 heavy (non-hydrogen) atoms. The second-order valence-electron chi connectivity index (χ2n) is 5.03. The van der Waals surface area contributed by atoms with Gasteiger partial charge >= 0.3 is 6.18 Å². The van der Waals surface area contributed by atoms with E-state index in [0.29, 0.717) is 0 Å². The van der Waals surface area contributed by atoms with Crippen molar-refractivity contribution in [3.63, 3.8) is 0 Å². The van der Waals surface area contributed by atoms with Gasteiger partial charge < -0.3 is 15.2 Å². The number of alkyl halides is 3. The van der Waals surface area contributed by atoms with Crippen molar-refractivity contribution >= 4 is 17.3 Å². The average molecular weight is 318 g/mol. The number of fused-ring (bicyclic) bond motifs is 1. The molecule has 1 aliphatic heterocycles. The molecular formula is C14H11ClF3NO2. The third-order valence-electron chi connectivity index (χ3n) is 3.36. The molecular weight excluding hydrogens is 307 g/mol. The summed E-state index contributed by atoms with van der Waals surface area (Å²) in [5, 5.41) is 12.1. The molecule has 3 nitrogen and oxygen atoms in total. The Balaban J connectivity index is 2.19. The van der Waals surface area contributed by atoms with Crippen LogP contribution < -0.4 is 5.32 Å². The third kappa shape index (κ3) is 2.57. The molecule has 1 fully saturated rings. The quantitative estimate of drug-likeness (QED) is 0.722. The Kier molecular flexibility index (Phi) is 3.32. The van der Waals surface area contributed by atoms with Crippen LogP contribution in [0.4, 0.5) is 18.9 Å². The van der Waals surface area contributed by atoms with E-state index in [9.17, 15) is 18.3 Å². The van der Waals surface area contributed by atoms with Crippen LogP contribution in [-0.2, 0) is 10.3 Å². The molecule has 1 unspecified atom stereocenters. The van der Waals surface area contributed by atoms with E-state index < -0.39 is 18.2 Å². The zero-order valence-corrected chi connectivity index (χ0v) is 11.4. The van der Waals surface area contributed by atoms with E-state index in [1.165, 1.54) is 12.1 Å². The molecule has 1 heterocycles. The van der Waals surface area contributed by atoms with Crippen molar-refractivity contribution in [2.24, 2.45) is 5.92 Å². The number of anilines is 1. The zero-order chi connectivity index (χ0) is 15.3. The predicted molar refractivity (Wildman–Crippen MR) is 70.4 cm³/mol. The summed E-state index contributed by atoms with van der Waals surface area (Å²) in [6.07, 6.45) is -5.04. The highest BCUT2D eigenvalue weighted by molar-refractivity contribution is 6.30. The highest BCUT2D eigenvalue weighted by Gasteiger charge is 2.60. The molecule has 1 aliphatic carbocycles. The van der Waals surface area contributed by atoms with Crippen molar-refractivity contribution in [2.75, 3.05) is 5.32 Å². The van der Waals surface area contributed by atoms with Gasteiger partial charge in [-0.2, -0.15) is 13.2 Å². The molecule has 2 N–H and O–H groups in total. The molecule has 2 atom stereocenters. The Morgan fingerprint density at radius 2 is 2.10 bits per heavy atom. The van der Waals surface area contributed by atoms with Crippen molar-refractivity contribution in [1.82, 2.24) is 0 Å². The lowest BCUT2D eigenvalue weighted by Crippen LogP contribution is -2.51. The number of aliphatic hydroxyl groups excluding tert-OH is 1. The van der Waals surface area contributed by atoms with Gasteiger partial charge in [0.2, 0.25) is 6.41 Å². The summed E-state index contributed by atoms with van der Waals surface area (Å²) in [5.41, 5.74) is -3.01. The van der Waals surface area contributed by atoms with Crippen molar-refractivity contribution in [3.05, 3.63) is 28.8 Å². The summed E-state index contributed by atoms with van der Waals surface area (Å²) < 4.78 is 45.7. The summed E-state index contributed by atoms with van der Waals surface area (Å²) in [6.45, 7) is 0. The number of benzene rings is 1. The predicted octanol–water partition coefficient (Wildman–Crippen LogP) is 3.23. The normalized spacial score (nSPS) is 28.1. The monoisotopic (exact) mass is 317 g/mol. The number of halogens is 4. The van der Waals surface area contributed by atoms with Gasteiger partial charge in [0.05, 0.1) is 0 Å². The molecule has 1 aromatic rings. The first-order valence-electron chi connectivity index (χ1n) is 6.34. The molecule has 0 radical (unpaired) electrons. The first-order valence-corrected chi connectivity index (χ1v) is 6.71. The van der Waals surface area contributed by atoms with Crippen LogP contribution in [0, 0.1) is 17.8 Å². The Bertz CT molecular complexity index is 633. The van der Waals surface area contributed by atoms with Gasteiger partial charge in [-0.1, -0.05) is 23.4 Å². The van der Waals surface area contributed by atoms with E-state index in [-0.39, 0.29) is 22.2 Å². The van der Waals surface area contributed by atoms with E-state index in [2.05, 4.69) is 17.2 Å². The van der Waals surface area contributed by atoms with Crippen molar-refractivity contribution in [2.45, 2.75) is 31.0 Å². The van der Waals surface area contributed by atoms with Gasteiger partial charge in [-0.05, 0) is 31.0 Å².